The fourth-order valence-corrected chi connectivity index (χ4v) is 1.95. The van der Waals surface area contributed by atoms with Gasteiger partial charge in [0.1, 0.15) is 11.3 Å². The van der Waals surface area contributed by atoms with E-state index in [1.54, 1.807) is 17.8 Å². The van der Waals surface area contributed by atoms with Gasteiger partial charge in [0.25, 0.3) is 0 Å². The molecule has 0 spiro atoms. The highest BCUT2D eigenvalue weighted by Crippen LogP contribution is 2.25. The Bertz CT molecular complexity index is 584. The molecule has 2 aromatic rings. The Morgan fingerprint density at radius 2 is 2.39 bits per heavy atom. The lowest BCUT2D eigenvalue weighted by Crippen LogP contribution is -2.15. The number of hydrogen-bond acceptors (Lipinski definition) is 7. The van der Waals surface area contributed by atoms with Gasteiger partial charge in [-0.1, -0.05) is 0 Å². The summed E-state index contributed by atoms with van der Waals surface area (Å²) in [5.41, 5.74) is 6.93. The Morgan fingerprint density at radius 1 is 1.56 bits per heavy atom. The number of fused-ring (bicyclic) bond motifs is 1. The Morgan fingerprint density at radius 3 is 3.11 bits per heavy atom. The van der Waals surface area contributed by atoms with Gasteiger partial charge in [0, 0.05) is 0 Å². The van der Waals surface area contributed by atoms with Crippen LogP contribution < -0.4 is 5.73 Å². The number of aliphatic hydroxyl groups is 1. The van der Waals surface area contributed by atoms with Gasteiger partial charge in [-0.25, -0.2) is 15.0 Å². The van der Waals surface area contributed by atoms with Gasteiger partial charge in [-0.2, -0.15) is 0 Å². The molecule has 1 aliphatic rings. The first-order chi connectivity index (χ1) is 8.69. The number of nitrogens with zero attached hydrogens (tertiary/aromatic N) is 4. The lowest BCUT2D eigenvalue weighted by Gasteiger charge is -2.11. The number of nitrogens with two attached hydrogens (primary N) is 1. The van der Waals surface area contributed by atoms with E-state index in [-0.39, 0.29) is 12.8 Å². The molecule has 1 aliphatic heterocycles. The summed E-state index contributed by atoms with van der Waals surface area (Å²) in [6.45, 7) is 1.91. The molecular weight excluding hydrogens is 238 g/mol. The molecule has 18 heavy (non-hydrogen) atoms. The van der Waals surface area contributed by atoms with Crippen LogP contribution in [0.3, 0.4) is 0 Å². The third kappa shape index (κ3) is 1.70. The molecule has 8 heteroatoms. The summed E-state index contributed by atoms with van der Waals surface area (Å²) in [5, 5.41) is 8.96. The van der Waals surface area contributed by atoms with Crippen LogP contribution in [0.2, 0.25) is 0 Å². The molecule has 3 heterocycles. The van der Waals surface area contributed by atoms with Gasteiger partial charge in [0.05, 0.1) is 19.5 Å². The second kappa shape index (κ2) is 4.16. The zero-order valence-corrected chi connectivity index (χ0v) is 9.78. The largest absolute Gasteiger partial charge is 0.391 e. The molecule has 1 fully saturated rings. The SMILES string of the molecule is Cc1nc(N)c2ncn([C@H]3CO[C@@H](CO)O3)c2n1. The number of ether oxygens (including phenoxy) is 2. The highest BCUT2D eigenvalue weighted by Gasteiger charge is 2.28. The van der Waals surface area contributed by atoms with Crippen molar-refractivity contribution in [2.24, 2.45) is 0 Å². The Hall–Kier alpha value is -1.77. The van der Waals surface area contributed by atoms with E-state index in [9.17, 15) is 0 Å². The molecule has 2 aromatic heterocycles. The quantitative estimate of drug-likeness (QED) is 0.746. The van der Waals surface area contributed by atoms with Gasteiger partial charge in [-0.3, -0.25) is 4.57 Å². The highest BCUT2D eigenvalue weighted by atomic mass is 16.7. The molecule has 0 saturated carbocycles. The average Bonchev–Trinajstić information content (AvgIpc) is 2.93. The molecule has 0 radical (unpaired) electrons. The molecule has 0 bridgehead atoms. The molecule has 3 rings (SSSR count). The molecule has 0 aromatic carbocycles. The summed E-state index contributed by atoms with van der Waals surface area (Å²) >= 11 is 0. The van der Waals surface area contributed by atoms with Crippen molar-refractivity contribution in [3.8, 4) is 0 Å². The first-order valence-electron chi connectivity index (χ1n) is 5.53. The number of aliphatic hydroxyl groups excluding tert-OH is 1. The normalized spacial score (nSPS) is 23.9. The van der Waals surface area contributed by atoms with E-state index >= 15 is 0 Å². The number of aromatic nitrogens is 4. The van der Waals surface area contributed by atoms with Crippen molar-refractivity contribution in [1.29, 1.82) is 0 Å². The molecule has 0 amide bonds. The standard InChI is InChI=1S/C10H13N5O3/c1-5-13-9(11)8-10(14-5)15(4-12-8)6-3-17-7(2-16)18-6/h4,6-7,16H,2-3H2,1H3,(H2,11,13,14)/t6-,7-/m1/s1. The van der Waals surface area contributed by atoms with Crippen LogP contribution in [0.15, 0.2) is 6.33 Å². The number of imidazole rings is 1. The van der Waals surface area contributed by atoms with Gasteiger partial charge in [0.15, 0.2) is 24.0 Å². The van der Waals surface area contributed by atoms with Crippen molar-refractivity contribution in [3.05, 3.63) is 12.2 Å². The molecular formula is C10H13N5O3. The second-order valence-electron chi connectivity index (χ2n) is 4.02. The van der Waals surface area contributed by atoms with E-state index in [0.29, 0.717) is 29.4 Å². The van der Waals surface area contributed by atoms with E-state index in [2.05, 4.69) is 15.0 Å². The van der Waals surface area contributed by atoms with E-state index in [1.807, 2.05) is 0 Å². The van der Waals surface area contributed by atoms with Crippen molar-refractivity contribution >= 4 is 17.0 Å². The zero-order chi connectivity index (χ0) is 12.7. The predicted octanol–water partition coefficient (Wildman–Crippen LogP) is -0.419. The van der Waals surface area contributed by atoms with Crippen LogP contribution in [0.5, 0.6) is 0 Å². The minimum atomic E-state index is -0.604. The van der Waals surface area contributed by atoms with Crippen molar-refractivity contribution in [1.82, 2.24) is 19.5 Å². The van der Waals surface area contributed by atoms with Crippen LogP contribution in [0, 0.1) is 6.92 Å². The summed E-state index contributed by atoms with van der Waals surface area (Å²) < 4.78 is 12.5. The van der Waals surface area contributed by atoms with Crippen molar-refractivity contribution in [2.45, 2.75) is 19.4 Å². The van der Waals surface area contributed by atoms with Crippen LogP contribution in [-0.2, 0) is 9.47 Å². The monoisotopic (exact) mass is 251 g/mol. The van der Waals surface area contributed by atoms with Crippen LogP contribution in [0.4, 0.5) is 5.82 Å². The van der Waals surface area contributed by atoms with Gasteiger partial charge in [0.2, 0.25) is 0 Å². The maximum Gasteiger partial charge on any atom is 0.183 e. The molecule has 0 unspecified atom stereocenters. The van der Waals surface area contributed by atoms with E-state index in [4.69, 9.17) is 20.3 Å². The van der Waals surface area contributed by atoms with Crippen molar-refractivity contribution in [2.75, 3.05) is 18.9 Å². The van der Waals surface area contributed by atoms with E-state index < -0.39 is 6.29 Å². The lowest BCUT2D eigenvalue weighted by atomic mass is 10.4. The lowest BCUT2D eigenvalue weighted by molar-refractivity contribution is -0.0980. The van der Waals surface area contributed by atoms with Gasteiger partial charge in [-0.15, -0.1) is 0 Å². The van der Waals surface area contributed by atoms with Crippen LogP contribution >= 0.6 is 0 Å². The average molecular weight is 251 g/mol. The van der Waals surface area contributed by atoms with Crippen LogP contribution in [0.1, 0.15) is 12.1 Å². The summed E-state index contributed by atoms with van der Waals surface area (Å²) in [6.07, 6.45) is 0.622. The third-order valence-electron chi connectivity index (χ3n) is 2.75. The fourth-order valence-electron chi connectivity index (χ4n) is 1.95. The molecule has 8 nitrogen and oxygen atoms in total. The third-order valence-corrected chi connectivity index (χ3v) is 2.75. The smallest absolute Gasteiger partial charge is 0.183 e. The molecule has 2 atom stereocenters. The molecule has 96 valence electrons. The van der Waals surface area contributed by atoms with Crippen molar-refractivity contribution in [3.63, 3.8) is 0 Å². The minimum Gasteiger partial charge on any atom is -0.391 e. The Labute approximate surface area is 102 Å². The maximum absolute atomic E-state index is 8.96. The number of hydrogen-bond donors (Lipinski definition) is 2. The highest BCUT2D eigenvalue weighted by molar-refractivity contribution is 5.81. The number of aryl methyl sites for hydroxylation is 1. The first-order valence-corrected chi connectivity index (χ1v) is 5.53. The van der Waals surface area contributed by atoms with Gasteiger partial charge in [-0.05, 0) is 6.92 Å². The summed E-state index contributed by atoms with van der Waals surface area (Å²) in [7, 11) is 0. The van der Waals surface area contributed by atoms with Crippen LogP contribution in [-0.4, -0.2) is 44.1 Å². The van der Waals surface area contributed by atoms with E-state index in [1.165, 1.54) is 0 Å². The Kier molecular flexibility index (Phi) is 2.62. The first kappa shape index (κ1) is 11.3. The van der Waals surface area contributed by atoms with Crippen LogP contribution in [0.25, 0.3) is 11.2 Å². The Balaban J connectivity index is 2.03. The summed E-state index contributed by atoms with van der Waals surface area (Å²) in [6, 6.07) is 0. The number of nitrogen functional groups attached to an aromatic ring is 1. The fraction of sp³-hybridized carbons (Fsp3) is 0.500. The summed E-state index contributed by atoms with van der Waals surface area (Å²) in [5.74, 6) is 0.910. The van der Waals surface area contributed by atoms with E-state index in [0.717, 1.165) is 0 Å². The molecule has 3 N–H and O–H groups in total. The van der Waals surface area contributed by atoms with Crippen molar-refractivity contribution < 1.29 is 14.6 Å². The molecule has 1 saturated heterocycles. The topological polar surface area (TPSA) is 108 Å². The van der Waals surface area contributed by atoms with Gasteiger partial charge < -0.3 is 20.3 Å². The molecule has 0 aliphatic carbocycles. The van der Waals surface area contributed by atoms with Gasteiger partial charge >= 0.3 is 0 Å². The second-order valence-corrected chi connectivity index (χ2v) is 4.02. The zero-order valence-electron chi connectivity index (χ0n) is 9.78. The number of rotatable bonds is 2. The predicted molar refractivity (Wildman–Crippen MR) is 61.4 cm³/mol. The maximum atomic E-state index is 8.96. The number of anilines is 1. The minimum absolute atomic E-state index is 0.181. The summed E-state index contributed by atoms with van der Waals surface area (Å²) in [4.78, 5) is 12.5.